The zero-order valence-electron chi connectivity index (χ0n) is 17.6. The lowest BCUT2D eigenvalue weighted by Gasteiger charge is -2.31. The largest absolute Gasteiger partial charge is 0.496 e. The van der Waals surface area contributed by atoms with Gasteiger partial charge in [0, 0.05) is 30.2 Å². The van der Waals surface area contributed by atoms with Crippen LogP contribution < -0.4 is 4.74 Å². The molecule has 0 radical (unpaired) electrons. The molecule has 8 nitrogen and oxygen atoms in total. The first kappa shape index (κ1) is 21.4. The first-order valence-electron chi connectivity index (χ1n) is 10.5. The van der Waals surface area contributed by atoms with Crippen LogP contribution in [0.25, 0.3) is 11.4 Å². The molecule has 1 spiro atoms. The number of ether oxygens (including phenoxy) is 1. The molecule has 1 unspecified atom stereocenters. The number of halogens is 1. The molecule has 2 aromatic heterocycles. The van der Waals surface area contributed by atoms with Crippen LogP contribution in [0.3, 0.4) is 0 Å². The van der Waals surface area contributed by atoms with Crippen LogP contribution in [0.1, 0.15) is 36.8 Å². The Balaban J connectivity index is 1.26. The van der Waals surface area contributed by atoms with Gasteiger partial charge in [0.15, 0.2) is 0 Å². The van der Waals surface area contributed by atoms with Crippen molar-refractivity contribution in [2.75, 3.05) is 20.2 Å². The van der Waals surface area contributed by atoms with Crippen LogP contribution in [-0.4, -0.2) is 48.0 Å². The normalized spacial score (nSPS) is 20.4. The second kappa shape index (κ2) is 8.13. The Kier molecular flexibility index (Phi) is 5.43. The van der Waals surface area contributed by atoms with Gasteiger partial charge in [-0.3, -0.25) is 4.98 Å². The molecule has 10 heteroatoms. The van der Waals surface area contributed by atoms with E-state index < -0.39 is 10.0 Å². The van der Waals surface area contributed by atoms with Crippen LogP contribution in [0.4, 0.5) is 0 Å². The number of benzene rings is 1. The Labute approximate surface area is 191 Å². The van der Waals surface area contributed by atoms with Crippen LogP contribution in [0.15, 0.2) is 47.1 Å². The average molecular weight is 475 g/mol. The molecule has 3 heterocycles. The van der Waals surface area contributed by atoms with E-state index in [9.17, 15) is 8.42 Å². The minimum atomic E-state index is -3.39. The smallest absolute Gasteiger partial charge is 0.230 e. The number of hydrogen-bond acceptors (Lipinski definition) is 7. The summed E-state index contributed by atoms with van der Waals surface area (Å²) in [6.07, 6.45) is 4.09. The average Bonchev–Trinajstić information content (AvgIpc) is 3.25. The van der Waals surface area contributed by atoms with Crippen LogP contribution in [0.5, 0.6) is 5.75 Å². The maximum atomic E-state index is 12.8. The number of nitrogens with zero attached hydrogens (tertiary/aromatic N) is 4. The minimum Gasteiger partial charge on any atom is -0.496 e. The molecule has 0 amide bonds. The van der Waals surface area contributed by atoms with Gasteiger partial charge in [0.25, 0.3) is 0 Å². The van der Waals surface area contributed by atoms with E-state index in [1.807, 2.05) is 0 Å². The molecule has 1 saturated carbocycles. The molecule has 1 aliphatic carbocycles. The molecule has 1 aromatic carbocycles. The predicted octanol–water partition coefficient (Wildman–Crippen LogP) is 3.89. The van der Waals surface area contributed by atoms with Crippen LogP contribution in [-0.2, 0) is 15.8 Å². The molecular weight excluding hydrogens is 452 g/mol. The number of sulfonamides is 1. The van der Waals surface area contributed by atoms with E-state index in [4.69, 9.17) is 20.9 Å². The zero-order valence-corrected chi connectivity index (χ0v) is 19.1. The standard InChI is InChI=1S/C22H23ClN4O4S/c1-30-19-6-5-15(23)12-17(19)20-25-21(31-26-20)18-13-22(18)7-10-27(11-8-22)32(28,29)14-16-4-2-3-9-24-16/h2-6,9,12,18H,7-8,10-11,13-14H2,1H3. The fourth-order valence-corrected chi connectivity index (χ4v) is 6.20. The van der Waals surface area contributed by atoms with E-state index in [2.05, 4.69) is 15.1 Å². The highest BCUT2D eigenvalue weighted by Gasteiger charge is 2.59. The van der Waals surface area contributed by atoms with Gasteiger partial charge in [0.1, 0.15) is 11.5 Å². The Bertz CT molecular complexity index is 1220. The van der Waals surface area contributed by atoms with Gasteiger partial charge in [-0.2, -0.15) is 4.98 Å². The quantitative estimate of drug-likeness (QED) is 0.534. The van der Waals surface area contributed by atoms with E-state index in [1.54, 1.807) is 54.0 Å². The SMILES string of the molecule is COc1ccc(Cl)cc1-c1noc(C2CC23CCN(S(=O)(=O)Cc2ccccn2)CC3)n1. The molecule has 1 aliphatic heterocycles. The molecule has 1 saturated heterocycles. The number of hydrogen-bond donors (Lipinski definition) is 0. The summed E-state index contributed by atoms with van der Waals surface area (Å²) in [6, 6.07) is 10.6. The van der Waals surface area contributed by atoms with E-state index >= 15 is 0 Å². The van der Waals surface area contributed by atoms with Crippen molar-refractivity contribution < 1.29 is 17.7 Å². The molecule has 1 atom stereocenters. The molecule has 0 N–H and O–H groups in total. The fourth-order valence-electron chi connectivity index (χ4n) is 4.56. The van der Waals surface area contributed by atoms with Crippen LogP contribution in [0.2, 0.25) is 5.02 Å². The lowest BCUT2D eigenvalue weighted by Crippen LogP contribution is -2.40. The second-order valence-corrected chi connectivity index (χ2v) is 10.8. The van der Waals surface area contributed by atoms with Crippen LogP contribution >= 0.6 is 11.6 Å². The number of rotatable bonds is 6. The Morgan fingerprint density at radius 3 is 2.78 bits per heavy atom. The van der Waals surface area contributed by atoms with Gasteiger partial charge < -0.3 is 9.26 Å². The van der Waals surface area contributed by atoms with Crippen molar-refractivity contribution in [3.63, 3.8) is 0 Å². The summed E-state index contributed by atoms with van der Waals surface area (Å²) in [4.78, 5) is 8.75. The Hall–Kier alpha value is -2.49. The topological polar surface area (TPSA) is 98.4 Å². The first-order chi connectivity index (χ1) is 15.4. The van der Waals surface area contributed by atoms with Crippen LogP contribution in [0, 0.1) is 5.41 Å². The van der Waals surface area contributed by atoms with Gasteiger partial charge in [-0.15, -0.1) is 0 Å². The molecular formula is C22H23ClN4O4S. The third kappa shape index (κ3) is 4.00. The molecule has 0 bridgehead atoms. The van der Waals surface area contributed by atoms with Gasteiger partial charge in [0.2, 0.25) is 21.7 Å². The van der Waals surface area contributed by atoms with Crippen molar-refractivity contribution in [1.29, 1.82) is 0 Å². The Morgan fingerprint density at radius 2 is 2.06 bits per heavy atom. The van der Waals surface area contributed by atoms with Gasteiger partial charge >= 0.3 is 0 Å². The van der Waals surface area contributed by atoms with Crippen molar-refractivity contribution in [2.24, 2.45) is 5.41 Å². The molecule has 2 fully saturated rings. The number of methoxy groups -OCH3 is 1. The molecule has 5 rings (SSSR count). The van der Waals surface area contributed by atoms with Crippen molar-refractivity contribution in [1.82, 2.24) is 19.4 Å². The van der Waals surface area contributed by atoms with Crippen molar-refractivity contribution >= 4 is 21.6 Å². The maximum absolute atomic E-state index is 12.8. The van der Waals surface area contributed by atoms with Crippen molar-refractivity contribution in [3.05, 3.63) is 59.2 Å². The minimum absolute atomic E-state index is 0.0270. The summed E-state index contributed by atoms with van der Waals surface area (Å²) in [7, 11) is -1.81. The summed E-state index contributed by atoms with van der Waals surface area (Å²) in [6.45, 7) is 0.990. The summed E-state index contributed by atoms with van der Waals surface area (Å²) < 4.78 is 38.2. The number of pyridine rings is 1. The highest BCUT2D eigenvalue weighted by atomic mass is 35.5. The molecule has 168 valence electrons. The lowest BCUT2D eigenvalue weighted by molar-refractivity contribution is 0.242. The van der Waals surface area contributed by atoms with Crippen molar-refractivity contribution in [3.8, 4) is 17.1 Å². The van der Waals surface area contributed by atoms with E-state index in [0.717, 1.165) is 19.3 Å². The molecule has 3 aromatic rings. The monoisotopic (exact) mass is 474 g/mol. The Morgan fingerprint density at radius 1 is 1.25 bits per heavy atom. The third-order valence-electron chi connectivity index (χ3n) is 6.50. The summed E-state index contributed by atoms with van der Waals surface area (Å²) in [5, 5.41) is 4.70. The third-order valence-corrected chi connectivity index (χ3v) is 8.55. The van der Waals surface area contributed by atoms with Crippen molar-refractivity contribution in [2.45, 2.75) is 30.9 Å². The van der Waals surface area contributed by atoms with Gasteiger partial charge in [-0.05, 0) is 55.0 Å². The van der Waals surface area contributed by atoms with E-state index in [-0.39, 0.29) is 17.1 Å². The number of piperidine rings is 1. The number of aromatic nitrogens is 3. The maximum Gasteiger partial charge on any atom is 0.230 e. The highest BCUT2D eigenvalue weighted by molar-refractivity contribution is 7.88. The summed E-state index contributed by atoms with van der Waals surface area (Å²) in [5.41, 5.74) is 1.27. The van der Waals surface area contributed by atoms with Gasteiger partial charge in [0.05, 0.1) is 18.4 Å². The summed E-state index contributed by atoms with van der Waals surface area (Å²) >= 11 is 6.12. The molecule has 2 aliphatic rings. The fraction of sp³-hybridized carbons (Fsp3) is 0.409. The predicted molar refractivity (Wildman–Crippen MR) is 119 cm³/mol. The van der Waals surface area contributed by atoms with E-state index in [1.165, 1.54) is 0 Å². The zero-order chi connectivity index (χ0) is 22.3. The second-order valence-electron chi connectivity index (χ2n) is 8.40. The lowest BCUT2D eigenvalue weighted by atomic mass is 9.92. The van der Waals surface area contributed by atoms with Gasteiger partial charge in [-0.25, -0.2) is 12.7 Å². The van der Waals surface area contributed by atoms with Gasteiger partial charge in [-0.1, -0.05) is 22.8 Å². The molecule has 32 heavy (non-hydrogen) atoms. The first-order valence-corrected chi connectivity index (χ1v) is 12.4. The highest BCUT2D eigenvalue weighted by Crippen LogP contribution is 2.64. The summed E-state index contributed by atoms with van der Waals surface area (Å²) in [5.74, 6) is 1.73. The van der Waals surface area contributed by atoms with E-state index in [0.29, 0.717) is 46.8 Å².